The number of carbonyl (C=O) groups is 1. The molecule has 116 valence electrons. The predicted octanol–water partition coefficient (Wildman–Crippen LogP) is 3.56. The zero-order chi connectivity index (χ0) is 15.8. The fourth-order valence-corrected chi connectivity index (χ4v) is 2.86. The van der Waals surface area contributed by atoms with E-state index in [-0.39, 0.29) is 11.8 Å². The van der Waals surface area contributed by atoms with Crippen LogP contribution in [0.3, 0.4) is 0 Å². The van der Waals surface area contributed by atoms with Crippen LogP contribution in [0.1, 0.15) is 19.3 Å². The van der Waals surface area contributed by atoms with Crippen molar-refractivity contribution in [3.8, 4) is 0 Å². The molecule has 5 nitrogen and oxygen atoms in total. The first kappa shape index (κ1) is 13.9. The van der Waals surface area contributed by atoms with Gasteiger partial charge in [-0.1, -0.05) is 6.42 Å². The topological polar surface area (TPSA) is 61.9 Å². The van der Waals surface area contributed by atoms with Gasteiger partial charge in [0.05, 0.1) is 23.8 Å². The summed E-state index contributed by atoms with van der Waals surface area (Å²) in [4.78, 5) is 18.5. The van der Waals surface area contributed by atoms with Gasteiger partial charge in [0, 0.05) is 23.6 Å². The first-order valence-electron chi connectivity index (χ1n) is 7.60. The first-order valence-corrected chi connectivity index (χ1v) is 7.60. The van der Waals surface area contributed by atoms with Crippen LogP contribution in [0.25, 0.3) is 10.9 Å². The van der Waals surface area contributed by atoms with E-state index >= 15 is 0 Å². The standard InChI is InChI=1S/C17H15FN4O/c18-15-8-14(7-12-9-20-21-16(12)15)22(13-5-2-6-19-10-13)17(23)11-3-1-4-11/h2,5-11H,1,3-4H2,(H,20,21). The fourth-order valence-electron chi connectivity index (χ4n) is 2.86. The number of anilines is 2. The lowest BCUT2D eigenvalue weighted by Crippen LogP contribution is -2.36. The minimum Gasteiger partial charge on any atom is -0.279 e. The number of amides is 1. The van der Waals surface area contributed by atoms with Crippen LogP contribution in [0.15, 0.2) is 42.9 Å². The van der Waals surface area contributed by atoms with Gasteiger partial charge in [-0.15, -0.1) is 0 Å². The number of hydrogen-bond donors (Lipinski definition) is 1. The van der Waals surface area contributed by atoms with Crippen LogP contribution in [-0.4, -0.2) is 21.1 Å². The van der Waals surface area contributed by atoms with Gasteiger partial charge in [0.15, 0.2) is 5.82 Å². The van der Waals surface area contributed by atoms with Crippen molar-refractivity contribution in [1.29, 1.82) is 0 Å². The highest BCUT2D eigenvalue weighted by Gasteiger charge is 2.31. The molecule has 0 radical (unpaired) electrons. The maximum atomic E-state index is 14.3. The van der Waals surface area contributed by atoms with Gasteiger partial charge in [0.25, 0.3) is 0 Å². The van der Waals surface area contributed by atoms with E-state index in [4.69, 9.17) is 0 Å². The van der Waals surface area contributed by atoms with E-state index in [0.717, 1.165) is 19.3 Å². The second kappa shape index (κ2) is 5.46. The Balaban J connectivity index is 1.84. The van der Waals surface area contributed by atoms with Gasteiger partial charge in [-0.3, -0.25) is 19.8 Å². The molecule has 0 spiro atoms. The Labute approximate surface area is 132 Å². The minimum atomic E-state index is -0.426. The summed E-state index contributed by atoms with van der Waals surface area (Å²) in [7, 11) is 0. The zero-order valence-corrected chi connectivity index (χ0v) is 12.4. The number of nitrogens with zero attached hydrogens (tertiary/aromatic N) is 3. The summed E-state index contributed by atoms with van der Waals surface area (Å²) >= 11 is 0. The number of aromatic amines is 1. The molecule has 1 aliphatic carbocycles. The second-order valence-electron chi connectivity index (χ2n) is 5.77. The highest BCUT2D eigenvalue weighted by molar-refractivity contribution is 6.03. The molecule has 4 rings (SSSR count). The van der Waals surface area contributed by atoms with Crippen molar-refractivity contribution >= 4 is 28.2 Å². The number of nitrogens with one attached hydrogen (secondary N) is 1. The number of benzene rings is 1. The van der Waals surface area contributed by atoms with E-state index in [1.165, 1.54) is 6.07 Å². The molecule has 0 bridgehead atoms. The molecule has 0 unspecified atom stereocenters. The normalized spacial score (nSPS) is 14.7. The van der Waals surface area contributed by atoms with E-state index < -0.39 is 5.82 Å². The molecule has 1 fully saturated rings. The molecule has 6 heteroatoms. The van der Waals surface area contributed by atoms with Gasteiger partial charge in [-0.25, -0.2) is 4.39 Å². The van der Waals surface area contributed by atoms with Gasteiger partial charge in [0.2, 0.25) is 5.91 Å². The molecule has 0 aliphatic heterocycles. The van der Waals surface area contributed by atoms with E-state index in [9.17, 15) is 9.18 Å². The first-order chi connectivity index (χ1) is 11.2. The Hall–Kier alpha value is -2.76. The molecule has 0 atom stereocenters. The van der Waals surface area contributed by atoms with Crippen molar-refractivity contribution in [2.45, 2.75) is 19.3 Å². The highest BCUT2D eigenvalue weighted by Crippen LogP contribution is 2.35. The monoisotopic (exact) mass is 310 g/mol. The van der Waals surface area contributed by atoms with E-state index in [1.54, 1.807) is 41.7 Å². The minimum absolute atomic E-state index is 0.00156. The van der Waals surface area contributed by atoms with E-state index in [1.807, 2.05) is 0 Å². The molecule has 1 aromatic carbocycles. The molecule has 1 saturated carbocycles. The van der Waals surface area contributed by atoms with Crippen molar-refractivity contribution in [1.82, 2.24) is 15.2 Å². The number of halogens is 1. The third-order valence-electron chi connectivity index (χ3n) is 4.32. The Kier molecular flexibility index (Phi) is 3.29. The maximum absolute atomic E-state index is 14.3. The molecular formula is C17H15FN4O. The Morgan fingerprint density at radius 2 is 2.13 bits per heavy atom. The molecule has 23 heavy (non-hydrogen) atoms. The molecule has 1 aliphatic rings. The van der Waals surface area contributed by atoms with Crippen LogP contribution in [0.2, 0.25) is 0 Å². The molecule has 0 saturated heterocycles. The largest absolute Gasteiger partial charge is 0.279 e. The number of fused-ring (bicyclic) bond motifs is 1. The Morgan fingerprint density at radius 1 is 1.26 bits per heavy atom. The van der Waals surface area contributed by atoms with Crippen molar-refractivity contribution in [3.63, 3.8) is 0 Å². The van der Waals surface area contributed by atoms with E-state index in [2.05, 4.69) is 15.2 Å². The summed E-state index contributed by atoms with van der Waals surface area (Å²) in [5, 5.41) is 7.12. The molecule has 1 amide bonds. The van der Waals surface area contributed by atoms with Crippen molar-refractivity contribution < 1.29 is 9.18 Å². The third kappa shape index (κ3) is 2.36. The van der Waals surface area contributed by atoms with Crippen molar-refractivity contribution in [3.05, 3.63) is 48.7 Å². The number of H-pyrrole nitrogens is 1. The van der Waals surface area contributed by atoms with Crippen molar-refractivity contribution in [2.75, 3.05) is 4.90 Å². The summed E-state index contributed by atoms with van der Waals surface area (Å²) in [5.74, 6) is -0.435. The zero-order valence-electron chi connectivity index (χ0n) is 12.4. The van der Waals surface area contributed by atoms with Crippen LogP contribution in [-0.2, 0) is 4.79 Å². The lowest BCUT2D eigenvalue weighted by atomic mass is 9.84. The van der Waals surface area contributed by atoms with Gasteiger partial charge < -0.3 is 0 Å². The summed E-state index contributed by atoms with van der Waals surface area (Å²) in [6.07, 6.45) is 7.64. The average Bonchev–Trinajstić information content (AvgIpc) is 2.96. The smallest absolute Gasteiger partial charge is 0.234 e. The molecule has 2 aromatic heterocycles. The van der Waals surface area contributed by atoms with Crippen LogP contribution in [0.4, 0.5) is 15.8 Å². The summed E-state index contributed by atoms with van der Waals surface area (Å²) in [6.45, 7) is 0. The number of rotatable bonds is 3. The van der Waals surface area contributed by atoms with Crippen LogP contribution in [0.5, 0.6) is 0 Å². The lowest BCUT2D eigenvalue weighted by molar-refractivity contribution is -0.123. The van der Waals surface area contributed by atoms with Crippen LogP contribution < -0.4 is 4.90 Å². The number of carbonyl (C=O) groups excluding carboxylic acids is 1. The Morgan fingerprint density at radius 3 is 2.83 bits per heavy atom. The van der Waals surface area contributed by atoms with Gasteiger partial charge >= 0.3 is 0 Å². The van der Waals surface area contributed by atoms with Crippen molar-refractivity contribution in [2.24, 2.45) is 5.92 Å². The number of pyridine rings is 1. The lowest BCUT2D eigenvalue weighted by Gasteiger charge is -2.31. The Bertz CT molecular complexity index is 857. The molecule has 2 heterocycles. The summed E-state index contributed by atoms with van der Waals surface area (Å²) in [5.41, 5.74) is 1.49. The highest BCUT2D eigenvalue weighted by atomic mass is 19.1. The SMILES string of the molecule is O=C(C1CCC1)N(c1cccnc1)c1cc(F)c2[nH]ncc2c1. The quantitative estimate of drug-likeness (QED) is 0.804. The van der Waals surface area contributed by atoms with Gasteiger partial charge in [-0.2, -0.15) is 5.10 Å². The summed E-state index contributed by atoms with van der Waals surface area (Å²) in [6, 6.07) is 6.71. The molecular weight excluding hydrogens is 295 g/mol. The molecule has 3 aromatic rings. The summed E-state index contributed by atoms with van der Waals surface area (Å²) < 4.78 is 14.3. The third-order valence-corrected chi connectivity index (χ3v) is 4.32. The molecule has 1 N–H and O–H groups in total. The maximum Gasteiger partial charge on any atom is 0.234 e. The second-order valence-corrected chi connectivity index (χ2v) is 5.77. The van der Waals surface area contributed by atoms with Crippen LogP contribution >= 0.6 is 0 Å². The number of aromatic nitrogens is 3. The number of hydrogen-bond acceptors (Lipinski definition) is 3. The van der Waals surface area contributed by atoms with Crippen LogP contribution in [0, 0.1) is 11.7 Å². The fraction of sp³-hybridized carbons (Fsp3) is 0.235. The van der Waals surface area contributed by atoms with Gasteiger partial charge in [-0.05, 0) is 31.0 Å². The average molecular weight is 310 g/mol. The van der Waals surface area contributed by atoms with Gasteiger partial charge in [0.1, 0.15) is 5.52 Å². The van der Waals surface area contributed by atoms with E-state index in [0.29, 0.717) is 22.3 Å². The predicted molar refractivity (Wildman–Crippen MR) is 84.8 cm³/mol.